The molecule has 0 saturated heterocycles. The zero-order valence-corrected chi connectivity index (χ0v) is 13.9. The quantitative estimate of drug-likeness (QED) is 0.326. The average Bonchev–Trinajstić information content (AvgIpc) is 2.41. The second kappa shape index (κ2) is 5.98. The van der Waals surface area contributed by atoms with Gasteiger partial charge in [0, 0.05) is 6.08 Å². The highest BCUT2D eigenvalue weighted by Crippen LogP contribution is 2.67. The maximum atomic E-state index is 11.1. The highest BCUT2D eigenvalue weighted by Gasteiger charge is 2.56. The molecule has 0 spiro atoms. The van der Waals surface area contributed by atoms with E-state index in [1.807, 2.05) is 0 Å². The van der Waals surface area contributed by atoms with Crippen molar-refractivity contribution in [2.24, 2.45) is 22.7 Å². The Kier molecular flexibility index (Phi) is 4.40. The van der Waals surface area contributed by atoms with Crippen molar-refractivity contribution in [2.75, 3.05) is 12.4 Å². The Hall–Kier alpha value is -0.440. The van der Waals surface area contributed by atoms with Crippen LogP contribution in [-0.2, 0) is 9.53 Å². The Bertz CT molecular complexity index is 403. The zero-order valence-electron chi connectivity index (χ0n) is 13.0. The van der Waals surface area contributed by atoms with Gasteiger partial charge < -0.3 is 4.74 Å². The van der Waals surface area contributed by atoms with E-state index in [-0.39, 0.29) is 5.97 Å². The van der Waals surface area contributed by atoms with Gasteiger partial charge in [0.25, 0.3) is 0 Å². The predicted molar refractivity (Wildman–Crippen MR) is 88.4 cm³/mol. The summed E-state index contributed by atoms with van der Waals surface area (Å²) in [5.41, 5.74) is 1.15. The molecule has 2 unspecified atom stereocenters. The Labute approximate surface area is 134 Å². The van der Waals surface area contributed by atoms with Gasteiger partial charge >= 0.3 is 5.97 Å². The molecular formula is C18H28O2S. The fourth-order valence-corrected chi connectivity index (χ4v) is 6.62. The van der Waals surface area contributed by atoms with Crippen LogP contribution in [0.15, 0.2) is 12.7 Å². The van der Waals surface area contributed by atoms with Crippen LogP contribution in [0.2, 0.25) is 0 Å². The van der Waals surface area contributed by atoms with E-state index in [1.165, 1.54) is 57.4 Å². The third kappa shape index (κ3) is 3.18. The molecule has 21 heavy (non-hydrogen) atoms. The second-order valence-electron chi connectivity index (χ2n) is 7.91. The first-order valence-corrected chi connectivity index (χ1v) is 9.12. The lowest BCUT2D eigenvalue weighted by atomic mass is 9.43. The lowest BCUT2D eigenvalue weighted by Crippen LogP contribution is -2.52. The summed E-state index contributed by atoms with van der Waals surface area (Å²) >= 11 is 4.52. The van der Waals surface area contributed by atoms with Crippen molar-refractivity contribution in [1.29, 1.82) is 0 Å². The summed E-state index contributed by atoms with van der Waals surface area (Å²) in [6, 6.07) is 0. The van der Waals surface area contributed by atoms with Gasteiger partial charge in [-0.1, -0.05) is 6.58 Å². The van der Waals surface area contributed by atoms with E-state index < -0.39 is 0 Å². The topological polar surface area (TPSA) is 26.3 Å². The first-order chi connectivity index (χ1) is 10.1. The number of ether oxygens (including phenoxy) is 1. The smallest absolute Gasteiger partial charge is 0.330 e. The molecule has 0 heterocycles. The van der Waals surface area contributed by atoms with Gasteiger partial charge in [-0.05, 0) is 86.2 Å². The van der Waals surface area contributed by atoms with Gasteiger partial charge in [-0.25, -0.2) is 4.79 Å². The molecule has 2 atom stereocenters. The standard InChI is InChI=1S/C18H28O2S/c1-2-16(19)20-6-3-4-17-9-14-8-15(10-17)12-18(11-14,13-17)5-7-21/h2,14-15,21H,1,3-13H2. The Balaban J connectivity index is 1.59. The average molecular weight is 308 g/mol. The number of hydrogen-bond acceptors (Lipinski definition) is 3. The first-order valence-electron chi connectivity index (χ1n) is 8.49. The van der Waals surface area contributed by atoms with Crippen molar-refractivity contribution in [3.05, 3.63) is 12.7 Å². The van der Waals surface area contributed by atoms with E-state index in [4.69, 9.17) is 4.74 Å². The van der Waals surface area contributed by atoms with Gasteiger partial charge in [0.05, 0.1) is 6.61 Å². The Morgan fingerprint density at radius 3 is 2.38 bits per heavy atom. The van der Waals surface area contributed by atoms with Gasteiger partial charge in [0.2, 0.25) is 0 Å². The fourth-order valence-electron chi connectivity index (χ4n) is 6.15. The van der Waals surface area contributed by atoms with Gasteiger partial charge in [-0.2, -0.15) is 12.6 Å². The molecule has 4 rings (SSSR count). The number of rotatable bonds is 7. The molecule has 3 heteroatoms. The zero-order chi connectivity index (χ0) is 14.9. The molecule has 0 aromatic carbocycles. The molecule has 0 N–H and O–H groups in total. The van der Waals surface area contributed by atoms with Crippen LogP contribution in [0.4, 0.5) is 0 Å². The lowest BCUT2D eigenvalue weighted by molar-refractivity contribution is -0.139. The molecule has 0 amide bonds. The van der Waals surface area contributed by atoms with Crippen molar-refractivity contribution in [3.8, 4) is 0 Å². The molecule has 118 valence electrons. The molecule has 0 radical (unpaired) electrons. The SMILES string of the molecule is C=CC(=O)OCCCC12CC3CC(CC(CCS)(C3)C1)C2. The summed E-state index contributed by atoms with van der Waals surface area (Å²) in [6.45, 7) is 4.00. The molecule has 0 aliphatic heterocycles. The maximum absolute atomic E-state index is 11.1. The third-order valence-electron chi connectivity index (χ3n) is 6.21. The molecule has 4 fully saturated rings. The van der Waals surface area contributed by atoms with Gasteiger partial charge in [0.1, 0.15) is 0 Å². The molecule has 4 bridgehead atoms. The van der Waals surface area contributed by atoms with Crippen LogP contribution < -0.4 is 0 Å². The molecule has 2 nitrogen and oxygen atoms in total. The number of esters is 1. The number of carbonyl (C=O) groups excluding carboxylic acids is 1. The van der Waals surface area contributed by atoms with E-state index >= 15 is 0 Å². The molecule has 4 aliphatic carbocycles. The van der Waals surface area contributed by atoms with Crippen molar-refractivity contribution in [2.45, 2.75) is 57.8 Å². The van der Waals surface area contributed by atoms with Crippen molar-refractivity contribution < 1.29 is 9.53 Å². The first kappa shape index (κ1) is 15.5. The number of carbonyl (C=O) groups is 1. The fraction of sp³-hybridized carbons (Fsp3) is 0.833. The minimum absolute atomic E-state index is 0.285. The van der Waals surface area contributed by atoms with Gasteiger partial charge in [-0.15, -0.1) is 0 Å². The lowest BCUT2D eigenvalue weighted by Gasteiger charge is -2.62. The van der Waals surface area contributed by atoms with Crippen LogP contribution in [0.5, 0.6) is 0 Å². The van der Waals surface area contributed by atoms with Gasteiger partial charge in [-0.3, -0.25) is 0 Å². The summed E-state index contributed by atoms with van der Waals surface area (Å²) in [7, 11) is 0. The predicted octanol–water partition coefficient (Wildman–Crippen LogP) is 4.40. The van der Waals surface area contributed by atoms with Crippen LogP contribution in [0.25, 0.3) is 0 Å². The summed E-state index contributed by atoms with van der Waals surface area (Å²) in [6.07, 6.45) is 13.4. The van der Waals surface area contributed by atoms with Crippen LogP contribution in [0.1, 0.15) is 57.8 Å². The van der Waals surface area contributed by atoms with Crippen molar-refractivity contribution in [3.63, 3.8) is 0 Å². The molecule has 4 aliphatic rings. The molecule has 4 saturated carbocycles. The van der Waals surface area contributed by atoms with Crippen molar-refractivity contribution in [1.82, 2.24) is 0 Å². The van der Waals surface area contributed by atoms with Gasteiger partial charge in [0.15, 0.2) is 0 Å². The van der Waals surface area contributed by atoms with E-state index in [9.17, 15) is 4.79 Å². The molecule has 0 aromatic heterocycles. The van der Waals surface area contributed by atoms with Crippen molar-refractivity contribution >= 4 is 18.6 Å². The van der Waals surface area contributed by atoms with Crippen LogP contribution in [-0.4, -0.2) is 18.3 Å². The summed E-state index contributed by atoms with van der Waals surface area (Å²) in [4.78, 5) is 11.1. The molecular weight excluding hydrogens is 280 g/mol. The normalized spacial score (nSPS) is 40.2. The van der Waals surface area contributed by atoms with Crippen LogP contribution in [0.3, 0.4) is 0 Å². The van der Waals surface area contributed by atoms with Crippen LogP contribution >= 0.6 is 12.6 Å². The highest BCUT2D eigenvalue weighted by molar-refractivity contribution is 7.80. The number of hydrogen-bond donors (Lipinski definition) is 1. The minimum Gasteiger partial charge on any atom is -0.463 e. The minimum atomic E-state index is -0.285. The Morgan fingerprint density at radius 1 is 1.19 bits per heavy atom. The van der Waals surface area contributed by atoms with Crippen LogP contribution in [0, 0.1) is 22.7 Å². The van der Waals surface area contributed by atoms with E-state index in [0.29, 0.717) is 17.4 Å². The highest BCUT2D eigenvalue weighted by atomic mass is 32.1. The van der Waals surface area contributed by atoms with E-state index in [2.05, 4.69) is 19.2 Å². The summed E-state index contributed by atoms with van der Waals surface area (Å²) in [5.74, 6) is 2.67. The van der Waals surface area contributed by atoms with E-state index in [0.717, 1.165) is 24.0 Å². The monoisotopic (exact) mass is 308 g/mol. The molecule has 0 aromatic rings. The number of thiol groups is 1. The maximum Gasteiger partial charge on any atom is 0.330 e. The van der Waals surface area contributed by atoms with E-state index in [1.54, 1.807) is 0 Å². The second-order valence-corrected chi connectivity index (χ2v) is 8.36. The summed E-state index contributed by atoms with van der Waals surface area (Å²) < 4.78 is 5.16. The third-order valence-corrected chi connectivity index (χ3v) is 6.43. The Morgan fingerprint density at radius 2 is 1.81 bits per heavy atom. The summed E-state index contributed by atoms with van der Waals surface area (Å²) in [5, 5.41) is 0. The largest absolute Gasteiger partial charge is 0.463 e.